The molecule has 8 aliphatic rings. The first-order valence-electron chi connectivity index (χ1n) is 40.3. The minimum absolute atomic E-state index is 0.0263. The average molecular weight is 1720 g/mol. The number of fused-ring (bicyclic) bond motifs is 2. The summed E-state index contributed by atoms with van der Waals surface area (Å²) in [5.41, 5.74) is 4.71. The highest BCUT2D eigenvalue weighted by molar-refractivity contribution is 7.85. The van der Waals surface area contributed by atoms with Crippen LogP contribution in [0.1, 0.15) is 141 Å². The number of nitrogens with zero attached hydrogens (tertiary/aromatic N) is 8. The van der Waals surface area contributed by atoms with Crippen LogP contribution >= 0.6 is 11.3 Å². The minimum Gasteiger partial charge on any atom is -0.479 e. The number of thiazole rings is 1. The minimum atomic E-state index is -4.44. The number of amides is 8. The predicted octanol–water partition coefficient (Wildman–Crippen LogP) is 4.14. The topological polar surface area (TPSA) is 508 Å². The van der Waals surface area contributed by atoms with Gasteiger partial charge in [-0.15, -0.1) is 0 Å². The van der Waals surface area contributed by atoms with Crippen LogP contribution in [0.5, 0.6) is 0 Å². The maximum Gasteiger partial charge on any atom is 0.410 e. The second-order valence-corrected chi connectivity index (χ2v) is 36.7. The summed E-state index contributed by atoms with van der Waals surface area (Å²) >= 11 is 1.38. The molecule has 12 N–H and O–H groups in total. The second kappa shape index (κ2) is 36.0. The number of likely N-dealkylation sites (tertiary alicyclic amines) is 1. The fraction of sp³-hybridized carbons (Fsp3) is 0.530. The van der Waals surface area contributed by atoms with E-state index in [1.807, 2.05) is 54.1 Å². The molecule has 38 heteroatoms. The van der Waals surface area contributed by atoms with Gasteiger partial charge in [-0.2, -0.15) is 13.5 Å². The van der Waals surface area contributed by atoms with Crippen LogP contribution in [0.15, 0.2) is 91.3 Å². The van der Waals surface area contributed by atoms with E-state index >= 15 is 0 Å². The Morgan fingerprint density at radius 2 is 1.57 bits per heavy atom. The maximum atomic E-state index is 14.6. The van der Waals surface area contributed by atoms with E-state index in [4.69, 9.17) is 24.0 Å². The van der Waals surface area contributed by atoms with E-state index in [-0.39, 0.29) is 85.5 Å². The Morgan fingerprint density at radius 3 is 2.26 bits per heavy atom. The quantitative estimate of drug-likeness (QED) is 0.0151. The van der Waals surface area contributed by atoms with E-state index in [1.165, 1.54) is 47.6 Å². The van der Waals surface area contributed by atoms with Crippen LogP contribution in [-0.2, 0) is 95.2 Å². The van der Waals surface area contributed by atoms with Crippen LogP contribution in [0, 0.1) is 29.1 Å². The lowest BCUT2D eigenvalue weighted by atomic mass is 9.39. The van der Waals surface area contributed by atoms with Crippen molar-refractivity contribution in [2.75, 3.05) is 73.9 Å². The van der Waals surface area contributed by atoms with Crippen LogP contribution < -0.4 is 26.2 Å². The van der Waals surface area contributed by atoms with Crippen molar-refractivity contribution >= 4 is 108 Å². The Morgan fingerprint density at radius 1 is 0.835 bits per heavy atom. The van der Waals surface area contributed by atoms with Gasteiger partial charge in [0.05, 0.1) is 79.0 Å². The molecule has 3 aromatic carbocycles. The third kappa shape index (κ3) is 19.8. The molecule has 0 spiro atoms. The van der Waals surface area contributed by atoms with E-state index in [2.05, 4.69) is 50.0 Å². The number of carbonyl (C=O) groups excluding carboxylic acids is 8. The Kier molecular flexibility index (Phi) is 26.4. The molecule has 7 heterocycles. The molecule has 2 unspecified atom stereocenters. The lowest BCUT2D eigenvalue weighted by molar-refractivity contribution is -0.248. The number of rotatable bonds is 35. The molecule has 6 fully saturated rings. The van der Waals surface area contributed by atoms with E-state index in [9.17, 15) is 96.7 Å². The van der Waals surface area contributed by atoms with Gasteiger partial charge in [0, 0.05) is 91.3 Å². The number of imide groups is 1. The van der Waals surface area contributed by atoms with Crippen molar-refractivity contribution in [3.8, 4) is 11.1 Å². The number of aromatic carboxylic acids is 1. The highest BCUT2D eigenvalue weighted by Gasteiger charge is 2.66. The number of anilines is 3. The van der Waals surface area contributed by atoms with Crippen molar-refractivity contribution in [1.29, 1.82) is 0 Å². The number of nitrogens with one attached hydrogen (secondary N) is 4. The molecule has 121 heavy (non-hydrogen) atoms. The van der Waals surface area contributed by atoms with Gasteiger partial charge in [0.15, 0.2) is 16.9 Å². The van der Waals surface area contributed by atoms with Gasteiger partial charge in [-0.05, 0) is 159 Å². The van der Waals surface area contributed by atoms with E-state index in [1.54, 1.807) is 26.1 Å². The SMILES string of the molecule is Cc1c(-c2c(N3CCc4cccc(C(=O)Nc5nc6ccccc6s5)c4C3)ccnc2C(=O)O)cnn1CC12CC3(C)CC(C)(C1)CC(OCCN(CC[C@H](O)CO)C(=O)OCc1ccc(NC(=O)[C@H](C)NC(=O)[C@@H](NC(=O)CN4C(=O)[C@@H](N5C(=O)C=CC5=O)C[C@H]4COCCS(=O)(=O)O)C(C)C)cc1CC[C@@H]1O[C@H](C(=O)O)[C@@H](O)[C@H](O)[C@H]1O)(C3)C2. The first kappa shape index (κ1) is 88.5. The van der Waals surface area contributed by atoms with Crippen molar-refractivity contribution in [3.63, 3.8) is 0 Å². The van der Waals surface area contributed by atoms with Crippen molar-refractivity contribution in [1.82, 2.24) is 45.1 Å². The number of carboxylic acids is 2. The van der Waals surface area contributed by atoms with Gasteiger partial charge in [0.25, 0.3) is 27.8 Å². The van der Waals surface area contributed by atoms with Gasteiger partial charge in [-0.3, -0.25) is 53.0 Å². The standard InChI is InChI=1S/C83H102N12O24S2/c1-45(2)66(89-62(98)34-93-52(37-116-28-29-121(113,114)115)31-59(75(93)107)95-63(99)18-19-64(95)100)74(106)86-46(3)72(104)87-51-16-14-50(49(30-51)15-17-60-68(101)69(102)70(103)71(119-60)77(110)111)36-117-79(112)91(25-22-53(97)35-96)26-27-118-83-41-80(5)38-81(6,42-83)40-82(39-80,43-83)44-94-47(4)55(32-85-94)65-58(20-23-84-67(65)76(108)109)92-24-21-48-10-9-11-54(56(48)33-92)73(105)90-78-88-57-12-7-8-13-61(57)120-78/h7-14,16,18-20,23,30,32,45-46,52-53,59-60,66,68-71,96-97,101-103H,15,17,21-22,24-29,31,33-44H2,1-6H3,(H,86,106)(H,87,104)(H,89,98)(H,108,109)(H,110,111)(H,88,90,105)(H,113,114,115)/t46-,52-,53-,59-,60-,66-,68-,69+,70-,71-,80?,81?,82?,83?/m0/s1. The van der Waals surface area contributed by atoms with Gasteiger partial charge < -0.3 is 85.3 Å². The third-order valence-corrected chi connectivity index (χ3v) is 25.9. The molecule has 0 radical (unpaired) electrons. The Hall–Kier alpha value is -10.3. The van der Waals surface area contributed by atoms with E-state index in [0.29, 0.717) is 71.1 Å². The number of aromatic nitrogens is 4. The number of aryl methyl sites for hydroxylation is 1. The molecule has 12 atom stereocenters. The molecule has 6 aromatic rings. The van der Waals surface area contributed by atoms with Gasteiger partial charge in [0.1, 0.15) is 43.0 Å². The van der Waals surface area contributed by atoms with Gasteiger partial charge in [-0.25, -0.2) is 24.4 Å². The Labute approximate surface area is 700 Å². The third-order valence-electron chi connectivity index (χ3n) is 24.3. The fourth-order valence-electron chi connectivity index (χ4n) is 19.7. The first-order chi connectivity index (χ1) is 57.3. The Bertz CT molecular complexity index is 5080. The summed E-state index contributed by atoms with van der Waals surface area (Å²) in [6, 6.07) is 14.6. The zero-order chi connectivity index (χ0) is 86.9. The molecule has 650 valence electrons. The van der Waals surface area contributed by atoms with Crippen LogP contribution in [-0.4, -0.2) is 267 Å². The monoisotopic (exact) mass is 1710 g/mol. The van der Waals surface area contributed by atoms with E-state index < -0.39 is 168 Å². The summed E-state index contributed by atoms with van der Waals surface area (Å²) in [4.78, 5) is 149. The molecular formula is C83H102N12O24S2. The number of aliphatic hydroxyl groups is 5. The molecule has 3 aromatic heterocycles. The number of para-hydroxylation sites is 1. The lowest BCUT2D eigenvalue weighted by Crippen LogP contribution is -2.64. The zero-order valence-electron chi connectivity index (χ0n) is 67.8. The molecule has 2 saturated heterocycles. The van der Waals surface area contributed by atoms with Crippen LogP contribution in [0.3, 0.4) is 0 Å². The van der Waals surface area contributed by atoms with Crippen LogP contribution in [0.25, 0.3) is 21.3 Å². The largest absolute Gasteiger partial charge is 0.479 e. The summed E-state index contributed by atoms with van der Waals surface area (Å²) in [6.45, 7) is 9.64. The molecule has 14 rings (SSSR count). The summed E-state index contributed by atoms with van der Waals surface area (Å²) in [5, 5.41) is 90.0. The molecule has 8 amide bonds. The van der Waals surface area contributed by atoms with Crippen molar-refractivity contribution in [2.45, 2.75) is 198 Å². The first-order valence-corrected chi connectivity index (χ1v) is 42.7. The van der Waals surface area contributed by atoms with Gasteiger partial charge in [0.2, 0.25) is 23.6 Å². The highest BCUT2D eigenvalue weighted by Crippen LogP contribution is 2.72. The number of ether oxygens (including phenoxy) is 4. The number of hydrogen-bond acceptors (Lipinski definition) is 26. The van der Waals surface area contributed by atoms with Gasteiger partial charge >= 0.3 is 18.0 Å². The van der Waals surface area contributed by atoms with Crippen LogP contribution in [0.4, 0.5) is 21.3 Å². The number of hydrogen-bond donors (Lipinski definition) is 12. The fourth-order valence-corrected chi connectivity index (χ4v) is 20.9. The molecule has 4 bridgehead atoms. The van der Waals surface area contributed by atoms with Crippen molar-refractivity contribution < 1.29 is 116 Å². The van der Waals surface area contributed by atoms with Crippen molar-refractivity contribution in [3.05, 3.63) is 130 Å². The van der Waals surface area contributed by atoms with Crippen LogP contribution in [0.2, 0.25) is 0 Å². The maximum absolute atomic E-state index is 14.6. The Balaban J connectivity index is 0.678. The number of pyridine rings is 1. The lowest BCUT2D eigenvalue weighted by Gasteiger charge is -2.69. The number of aliphatic carboxylic acids is 1. The van der Waals surface area contributed by atoms with Gasteiger partial charge in [-0.1, -0.05) is 69.4 Å². The molecule has 4 aliphatic heterocycles. The molecular weight excluding hydrogens is 1610 g/mol. The number of aliphatic hydroxyl groups excluding tert-OH is 5. The molecule has 4 aliphatic carbocycles. The number of carbonyl (C=O) groups is 10. The molecule has 4 saturated carbocycles. The summed E-state index contributed by atoms with van der Waals surface area (Å²) < 4.78 is 59.1. The highest BCUT2D eigenvalue weighted by atomic mass is 32.2. The zero-order valence-corrected chi connectivity index (χ0v) is 69.4. The summed E-state index contributed by atoms with van der Waals surface area (Å²) in [7, 11) is -4.44. The number of carboxylic acid groups (broad SMARTS) is 2. The molecule has 36 nitrogen and oxygen atoms in total. The smallest absolute Gasteiger partial charge is 0.410 e. The predicted molar refractivity (Wildman–Crippen MR) is 435 cm³/mol. The second-order valence-electron chi connectivity index (χ2n) is 34.1. The van der Waals surface area contributed by atoms with Crippen molar-refractivity contribution in [2.24, 2.45) is 22.2 Å². The average Bonchev–Trinajstić information content (AvgIpc) is 1.53. The summed E-state index contributed by atoms with van der Waals surface area (Å²) in [5.74, 6) is -9.41. The number of benzene rings is 3. The van der Waals surface area contributed by atoms with E-state index in [0.717, 1.165) is 81.1 Å². The summed E-state index contributed by atoms with van der Waals surface area (Å²) in [6.07, 6.45) is -1.13. The normalized spacial score (nSPS) is 25.7.